The quantitative estimate of drug-likeness (QED) is 0.622. The maximum absolute atomic E-state index is 8.87. The average Bonchev–Trinajstić information content (AvgIpc) is 2.61. The largest absolute Gasteiger partial charge is 0.388 e. The van der Waals surface area contributed by atoms with Gasteiger partial charge in [0.25, 0.3) is 0 Å². The minimum atomic E-state index is -0.155. The first-order valence-corrected chi connectivity index (χ1v) is 4.36. The van der Waals surface area contributed by atoms with Crippen LogP contribution in [0, 0.1) is 0 Å². The second kappa shape index (κ2) is 3.22. The van der Waals surface area contributed by atoms with E-state index < -0.39 is 0 Å². The van der Waals surface area contributed by atoms with Crippen LogP contribution in [0.2, 0.25) is 0 Å². The van der Waals surface area contributed by atoms with Crippen molar-refractivity contribution in [2.24, 2.45) is 0 Å². The van der Waals surface area contributed by atoms with Crippen molar-refractivity contribution in [2.45, 2.75) is 20.0 Å². The number of nitrogens with two attached hydrogens (primary N) is 1. The number of nitrogens with zero attached hydrogens (tertiary/aromatic N) is 3. The molecule has 4 N–H and O–H groups in total. The molecular weight excluding hydrogens is 182 g/mol. The molecule has 0 aliphatic heterocycles. The molecule has 2 aromatic heterocycles. The van der Waals surface area contributed by atoms with E-state index in [1.54, 1.807) is 0 Å². The van der Waals surface area contributed by atoms with Crippen molar-refractivity contribution in [1.82, 2.24) is 19.9 Å². The molecule has 0 bridgehead atoms. The summed E-state index contributed by atoms with van der Waals surface area (Å²) in [6.07, 6.45) is 0.710. The number of imidazole rings is 1. The summed E-state index contributed by atoms with van der Waals surface area (Å²) in [5.74, 6) is 1.49. The fraction of sp³-hybridized carbons (Fsp3) is 0.375. The number of hydrogen-bond donors (Lipinski definition) is 3. The van der Waals surface area contributed by atoms with E-state index in [2.05, 4.69) is 19.9 Å². The summed E-state index contributed by atoms with van der Waals surface area (Å²) in [5, 5.41) is 8.87. The summed E-state index contributed by atoms with van der Waals surface area (Å²) in [6.45, 7) is 1.79. The zero-order valence-electron chi connectivity index (χ0n) is 7.78. The van der Waals surface area contributed by atoms with Crippen LogP contribution in [0.3, 0.4) is 0 Å². The predicted molar refractivity (Wildman–Crippen MR) is 51.4 cm³/mol. The zero-order chi connectivity index (χ0) is 10.1. The number of aromatic nitrogens is 4. The van der Waals surface area contributed by atoms with Gasteiger partial charge < -0.3 is 15.8 Å². The lowest BCUT2D eigenvalue weighted by atomic mass is 10.4. The molecule has 0 aliphatic rings. The van der Waals surface area contributed by atoms with E-state index in [0.717, 1.165) is 0 Å². The molecule has 14 heavy (non-hydrogen) atoms. The summed E-state index contributed by atoms with van der Waals surface area (Å²) in [7, 11) is 0. The molecule has 0 fully saturated rings. The highest BCUT2D eigenvalue weighted by Gasteiger charge is 2.08. The molecule has 0 saturated carbocycles. The Labute approximate surface area is 80.2 Å². The lowest BCUT2D eigenvalue weighted by molar-refractivity contribution is 0.273. The Balaban J connectivity index is 2.67. The Bertz CT molecular complexity index is 464. The van der Waals surface area contributed by atoms with Crippen LogP contribution in [0.4, 0.5) is 5.82 Å². The molecule has 0 saturated heterocycles. The number of aromatic amines is 1. The summed E-state index contributed by atoms with van der Waals surface area (Å²) < 4.78 is 0. The molecule has 0 aliphatic carbocycles. The highest BCUT2D eigenvalue weighted by atomic mass is 16.3. The third-order valence-corrected chi connectivity index (χ3v) is 1.94. The van der Waals surface area contributed by atoms with Gasteiger partial charge in [-0.05, 0) is 0 Å². The normalized spacial score (nSPS) is 11.0. The summed E-state index contributed by atoms with van der Waals surface area (Å²) in [6, 6.07) is 0. The van der Waals surface area contributed by atoms with Crippen LogP contribution in [-0.4, -0.2) is 25.0 Å². The lowest BCUT2D eigenvalue weighted by Gasteiger charge is -1.97. The first kappa shape index (κ1) is 8.89. The molecule has 2 aromatic rings. The van der Waals surface area contributed by atoms with Crippen molar-refractivity contribution in [1.29, 1.82) is 0 Å². The van der Waals surface area contributed by atoms with Gasteiger partial charge in [-0.1, -0.05) is 6.92 Å². The number of rotatable bonds is 2. The molecule has 0 amide bonds. The summed E-state index contributed by atoms with van der Waals surface area (Å²) in [4.78, 5) is 15.2. The standard InChI is InChI=1S/C8H11N5O/c1-2-4-11-7(9)6-8(12-4)13-5(3-14)10-6/h14H,2-3H2,1H3,(H3,9,10,11,12,13). The van der Waals surface area contributed by atoms with Gasteiger partial charge in [-0.2, -0.15) is 0 Å². The minimum absolute atomic E-state index is 0.155. The maximum atomic E-state index is 8.87. The number of nitrogens with one attached hydrogen (secondary N) is 1. The van der Waals surface area contributed by atoms with E-state index >= 15 is 0 Å². The SMILES string of the molecule is CCc1nc(N)c2[nH]c(CO)nc2n1. The Morgan fingerprint density at radius 3 is 2.79 bits per heavy atom. The molecule has 0 unspecified atom stereocenters. The molecule has 6 nitrogen and oxygen atoms in total. The van der Waals surface area contributed by atoms with E-state index in [1.807, 2.05) is 6.92 Å². The van der Waals surface area contributed by atoms with Gasteiger partial charge in [-0.25, -0.2) is 15.0 Å². The van der Waals surface area contributed by atoms with E-state index in [-0.39, 0.29) is 6.61 Å². The van der Waals surface area contributed by atoms with Gasteiger partial charge in [0.05, 0.1) is 0 Å². The predicted octanol–water partition coefficient (Wildman–Crippen LogP) is -0.0102. The van der Waals surface area contributed by atoms with Gasteiger partial charge in [0, 0.05) is 6.42 Å². The third kappa shape index (κ3) is 1.29. The topological polar surface area (TPSA) is 101 Å². The van der Waals surface area contributed by atoms with Crippen LogP contribution in [0.1, 0.15) is 18.6 Å². The number of nitrogen functional groups attached to an aromatic ring is 1. The van der Waals surface area contributed by atoms with Crippen LogP contribution in [0.5, 0.6) is 0 Å². The van der Waals surface area contributed by atoms with E-state index in [0.29, 0.717) is 35.1 Å². The molecule has 0 aromatic carbocycles. The van der Waals surface area contributed by atoms with Gasteiger partial charge in [0.15, 0.2) is 11.5 Å². The number of aliphatic hydroxyl groups excluding tert-OH is 1. The second-order valence-corrected chi connectivity index (χ2v) is 2.92. The molecule has 0 radical (unpaired) electrons. The van der Waals surface area contributed by atoms with Gasteiger partial charge in [0.1, 0.15) is 23.8 Å². The zero-order valence-corrected chi connectivity index (χ0v) is 7.78. The first-order chi connectivity index (χ1) is 6.74. The molecule has 6 heteroatoms. The molecule has 0 spiro atoms. The Morgan fingerprint density at radius 1 is 1.36 bits per heavy atom. The maximum Gasteiger partial charge on any atom is 0.183 e. The van der Waals surface area contributed by atoms with Crippen molar-refractivity contribution in [3.05, 3.63) is 11.6 Å². The fourth-order valence-corrected chi connectivity index (χ4v) is 1.25. The number of fused-ring (bicyclic) bond motifs is 1. The van der Waals surface area contributed by atoms with Crippen molar-refractivity contribution in [2.75, 3.05) is 5.73 Å². The summed E-state index contributed by atoms with van der Waals surface area (Å²) in [5.41, 5.74) is 6.80. The van der Waals surface area contributed by atoms with Gasteiger partial charge in [-0.15, -0.1) is 0 Å². The number of aryl methyl sites for hydroxylation is 1. The molecule has 2 rings (SSSR count). The van der Waals surface area contributed by atoms with Crippen molar-refractivity contribution in [3.63, 3.8) is 0 Å². The number of hydrogen-bond acceptors (Lipinski definition) is 5. The summed E-state index contributed by atoms with van der Waals surface area (Å²) >= 11 is 0. The molecule has 2 heterocycles. The van der Waals surface area contributed by atoms with Crippen LogP contribution >= 0.6 is 0 Å². The Kier molecular flexibility index (Phi) is 2.05. The second-order valence-electron chi connectivity index (χ2n) is 2.92. The average molecular weight is 193 g/mol. The van der Waals surface area contributed by atoms with Crippen LogP contribution in [0.15, 0.2) is 0 Å². The molecular formula is C8H11N5O. The lowest BCUT2D eigenvalue weighted by Crippen LogP contribution is -1.99. The Hall–Kier alpha value is -1.69. The first-order valence-electron chi connectivity index (χ1n) is 4.36. The number of H-pyrrole nitrogens is 1. The van der Waals surface area contributed by atoms with Crippen molar-refractivity contribution < 1.29 is 5.11 Å². The van der Waals surface area contributed by atoms with E-state index in [9.17, 15) is 0 Å². The smallest absolute Gasteiger partial charge is 0.183 e. The monoisotopic (exact) mass is 193 g/mol. The van der Waals surface area contributed by atoms with Gasteiger partial charge in [-0.3, -0.25) is 0 Å². The van der Waals surface area contributed by atoms with Crippen LogP contribution in [-0.2, 0) is 13.0 Å². The van der Waals surface area contributed by atoms with Gasteiger partial charge >= 0.3 is 0 Å². The Morgan fingerprint density at radius 2 is 2.14 bits per heavy atom. The third-order valence-electron chi connectivity index (χ3n) is 1.94. The molecule has 74 valence electrons. The van der Waals surface area contributed by atoms with E-state index in [1.165, 1.54) is 0 Å². The number of anilines is 1. The highest BCUT2D eigenvalue weighted by Crippen LogP contribution is 2.15. The fourth-order valence-electron chi connectivity index (χ4n) is 1.25. The van der Waals surface area contributed by atoms with Gasteiger partial charge in [0.2, 0.25) is 0 Å². The minimum Gasteiger partial charge on any atom is -0.388 e. The van der Waals surface area contributed by atoms with E-state index in [4.69, 9.17) is 10.8 Å². The molecule has 0 atom stereocenters. The highest BCUT2D eigenvalue weighted by molar-refractivity contribution is 5.81. The van der Waals surface area contributed by atoms with Crippen molar-refractivity contribution in [3.8, 4) is 0 Å². The van der Waals surface area contributed by atoms with Crippen LogP contribution < -0.4 is 5.73 Å². The van der Waals surface area contributed by atoms with Crippen molar-refractivity contribution >= 4 is 17.0 Å². The van der Waals surface area contributed by atoms with Crippen LogP contribution in [0.25, 0.3) is 11.2 Å². The number of aliphatic hydroxyl groups is 1.